The number of ether oxygens (including phenoxy) is 1. The van der Waals surface area contributed by atoms with E-state index in [0.29, 0.717) is 36.8 Å². The molecule has 2 N–H and O–H groups in total. The van der Waals surface area contributed by atoms with Crippen molar-refractivity contribution < 1.29 is 13.9 Å². The fourth-order valence-corrected chi connectivity index (χ4v) is 5.62. The van der Waals surface area contributed by atoms with Gasteiger partial charge in [-0.2, -0.15) is 20.1 Å². The molecule has 0 spiro atoms. The van der Waals surface area contributed by atoms with Gasteiger partial charge in [-0.05, 0) is 43.0 Å². The molecule has 3 atom stereocenters. The van der Waals surface area contributed by atoms with Crippen molar-refractivity contribution in [3.8, 4) is 17.1 Å². The second-order valence-corrected chi connectivity index (χ2v) is 10.5. The van der Waals surface area contributed by atoms with Gasteiger partial charge in [-0.25, -0.2) is 13.9 Å². The number of nitrogens with one attached hydrogen (secondary N) is 2. The monoisotopic (exact) mass is 534 g/mol. The van der Waals surface area contributed by atoms with Gasteiger partial charge in [-0.3, -0.25) is 10.2 Å². The Bertz CT molecular complexity index is 1380. The van der Waals surface area contributed by atoms with Crippen molar-refractivity contribution in [2.45, 2.75) is 26.3 Å². The van der Waals surface area contributed by atoms with Crippen LogP contribution in [-0.4, -0.2) is 75.1 Å². The molecular weight excluding hydrogens is 499 g/mol. The molecule has 2 aliphatic rings. The molecule has 11 heteroatoms. The van der Waals surface area contributed by atoms with E-state index in [2.05, 4.69) is 32.7 Å². The Morgan fingerprint density at radius 2 is 2.03 bits per heavy atom. The first-order chi connectivity index (χ1) is 18.8. The molecular formula is C28H35FN8O2. The number of allylic oxidation sites excluding steroid dienone is 4. The van der Waals surface area contributed by atoms with Crippen molar-refractivity contribution in [2.75, 3.05) is 38.7 Å². The number of para-hydroxylation sites is 1. The Morgan fingerprint density at radius 3 is 2.72 bits per heavy atom. The van der Waals surface area contributed by atoms with E-state index < -0.39 is 5.41 Å². The second kappa shape index (κ2) is 11.1. The molecule has 0 bridgehead atoms. The maximum atomic E-state index is 14.3. The Labute approximate surface area is 227 Å². The molecule has 39 heavy (non-hydrogen) atoms. The molecule has 1 aliphatic carbocycles. The normalized spacial score (nSPS) is 23.2. The van der Waals surface area contributed by atoms with Gasteiger partial charge in [0.05, 0.1) is 18.5 Å². The molecule has 2 aromatic heterocycles. The Morgan fingerprint density at radius 1 is 1.23 bits per heavy atom. The largest absolute Gasteiger partial charge is 0.383 e. The van der Waals surface area contributed by atoms with Crippen molar-refractivity contribution >= 4 is 11.8 Å². The number of amides is 2. The predicted octanol–water partition coefficient (Wildman–Crippen LogP) is 3.86. The summed E-state index contributed by atoms with van der Waals surface area (Å²) in [7, 11) is 3.42. The summed E-state index contributed by atoms with van der Waals surface area (Å²) in [5.41, 5.74) is 2.41. The van der Waals surface area contributed by atoms with Crippen molar-refractivity contribution in [2.24, 2.45) is 18.4 Å². The number of urea groups is 1. The minimum absolute atomic E-state index is 0.0195. The number of hydrogen-bond donors (Lipinski definition) is 2. The highest BCUT2D eigenvalue weighted by Gasteiger charge is 2.44. The smallest absolute Gasteiger partial charge is 0.320 e. The zero-order valence-electron chi connectivity index (χ0n) is 22.8. The molecule has 0 saturated carbocycles. The fraction of sp³-hybridized carbons (Fsp3) is 0.429. The SMILES string of the molecule is COCCN1C[C@@H](C2(C)C=C(F)C=CC2)[C@H](NC(=O)Nc2c(C)c(-c3cnn(C)n3)nn2-c2ccccc2)C1. The number of hydrogen-bond acceptors (Lipinski definition) is 6. The summed E-state index contributed by atoms with van der Waals surface area (Å²) in [6.07, 6.45) is 7.45. The van der Waals surface area contributed by atoms with Crippen LogP contribution in [0.25, 0.3) is 17.1 Å². The Balaban J connectivity index is 1.41. The van der Waals surface area contributed by atoms with Crippen LogP contribution in [0.1, 0.15) is 18.9 Å². The lowest BCUT2D eigenvalue weighted by molar-refractivity contribution is 0.152. The van der Waals surface area contributed by atoms with E-state index in [0.717, 1.165) is 24.3 Å². The van der Waals surface area contributed by atoms with Crippen LogP contribution >= 0.6 is 0 Å². The maximum Gasteiger partial charge on any atom is 0.320 e. The summed E-state index contributed by atoms with van der Waals surface area (Å²) in [4.78, 5) is 17.3. The highest BCUT2D eigenvalue weighted by atomic mass is 19.1. The molecule has 206 valence electrons. The number of anilines is 1. The van der Waals surface area contributed by atoms with Crippen LogP contribution in [0, 0.1) is 18.3 Å². The lowest BCUT2D eigenvalue weighted by Crippen LogP contribution is -2.47. The molecule has 3 aromatic rings. The predicted molar refractivity (Wildman–Crippen MR) is 147 cm³/mol. The van der Waals surface area contributed by atoms with Crippen molar-refractivity contribution in [3.05, 3.63) is 66.1 Å². The van der Waals surface area contributed by atoms with Gasteiger partial charge in [0.25, 0.3) is 0 Å². The second-order valence-electron chi connectivity index (χ2n) is 10.5. The number of aromatic nitrogens is 5. The third-order valence-corrected chi connectivity index (χ3v) is 7.67. The Hall–Kier alpha value is -3.83. The molecule has 5 rings (SSSR count). The number of rotatable bonds is 8. The third-order valence-electron chi connectivity index (χ3n) is 7.67. The first-order valence-corrected chi connectivity index (χ1v) is 13.1. The van der Waals surface area contributed by atoms with E-state index in [1.54, 1.807) is 31.1 Å². The van der Waals surface area contributed by atoms with Gasteiger partial charge in [0.1, 0.15) is 23.0 Å². The zero-order valence-corrected chi connectivity index (χ0v) is 22.8. The lowest BCUT2D eigenvalue weighted by atomic mass is 9.70. The molecule has 1 unspecified atom stereocenters. The van der Waals surface area contributed by atoms with Gasteiger partial charge in [0, 0.05) is 51.3 Å². The van der Waals surface area contributed by atoms with Crippen LogP contribution in [0.2, 0.25) is 0 Å². The van der Waals surface area contributed by atoms with E-state index in [4.69, 9.17) is 9.84 Å². The van der Waals surface area contributed by atoms with Crippen molar-refractivity contribution in [1.82, 2.24) is 35.0 Å². The van der Waals surface area contributed by atoms with Crippen LogP contribution in [0.15, 0.2) is 60.6 Å². The van der Waals surface area contributed by atoms with Crippen molar-refractivity contribution in [3.63, 3.8) is 0 Å². The van der Waals surface area contributed by atoms with Gasteiger partial charge < -0.3 is 10.1 Å². The van der Waals surface area contributed by atoms with Gasteiger partial charge in [0.15, 0.2) is 0 Å². The van der Waals surface area contributed by atoms with Gasteiger partial charge in [-0.1, -0.05) is 31.2 Å². The number of aryl methyl sites for hydroxylation is 1. The van der Waals surface area contributed by atoms with Gasteiger partial charge >= 0.3 is 6.03 Å². The first-order valence-electron chi connectivity index (χ1n) is 13.1. The highest BCUT2D eigenvalue weighted by Crippen LogP contribution is 2.42. The minimum Gasteiger partial charge on any atom is -0.383 e. The molecule has 1 saturated heterocycles. The molecule has 2 amide bonds. The van der Waals surface area contributed by atoms with E-state index in [9.17, 15) is 9.18 Å². The number of carbonyl (C=O) groups excluding carboxylic acids is 1. The standard InChI is InChI=1S/C28H35FN8O2/c1-19-25(23-16-30-35(3)33-23)34-37(21-10-6-5-7-11-21)26(19)32-27(38)31-24-18-36(13-14-39-4)17-22(24)28(2)12-8-9-20(29)15-28/h5-11,15-16,22,24H,12-14,17-18H2,1-4H3,(H2,31,32,38)/t22-,24-,28?/m1/s1. The topological polar surface area (TPSA) is 102 Å². The summed E-state index contributed by atoms with van der Waals surface area (Å²) in [6, 6.07) is 9.09. The van der Waals surface area contributed by atoms with E-state index in [-0.39, 0.29) is 23.8 Å². The fourth-order valence-electron chi connectivity index (χ4n) is 5.62. The number of likely N-dealkylation sites (tertiary alicyclic amines) is 1. The number of halogens is 1. The number of carbonyl (C=O) groups is 1. The van der Waals surface area contributed by atoms with Crippen molar-refractivity contribution in [1.29, 1.82) is 0 Å². The van der Waals surface area contributed by atoms with Gasteiger partial charge in [-0.15, -0.1) is 0 Å². The maximum absolute atomic E-state index is 14.3. The average molecular weight is 535 g/mol. The summed E-state index contributed by atoms with van der Waals surface area (Å²) in [6.45, 7) is 6.69. The van der Waals surface area contributed by atoms with Crippen LogP contribution < -0.4 is 10.6 Å². The average Bonchev–Trinajstić information content (AvgIpc) is 3.61. The van der Waals surface area contributed by atoms with E-state index >= 15 is 0 Å². The summed E-state index contributed by atoms with van der Waals surface area (Å²) in [5, 5.41) is 19.6. The van der Waals surface area contributed by atoms with E-state index in [1.165, 1.54) is 10.9 Å². The number of methoxy groups -OCH3 is 1. The van der Waals surface area contributed by atoms with Gasteiger partial charge in [0.2, 0.25) is 0 Å². The summed E-state index contributed by atoms with van der Waals surface area (Å²) >= 11 is 0. The van der Waals surface area contributed by atoms with Crippen LogP contribution in [0.5, 0.6) is 0 Å². The zero-order chi connectivity index (χ0) is 27.6. The molecule has 1 fully saturated rings. The Kier molecular flexibility index (Phi) is 7.62. The molecule has 1 aromatic carbocycles. The number of benzene rings is 1. The minimum atomic E-state index is -0.417. The highest BCUT2D eigenvalue weighted by molar-refractivity contribution is 5.91. The lowest BCUT2D eigenvalue weighted by Gasteiger charge is -2.37. The quantitative estimate of drug-likeness (QED) is 0.455. The first kappa shape index (κ1) is 26.8. The van der Waals surface area contributed by atoms with E-state index in [1.807, 2.05) is 43.3 Å². The van der Waals surface area contributed by atoms with Crippen LogP contribution in [0.3, 0.4) is 0 Å². The molecule has 10 nitrogen and oxygen atoms in total. The number of nitrogens with zero attached hydrogens (tertiary/aromatic N) is 6. The van der Waals surface area contributed by atoms with Crippen LogP contribution in [-0.2, 0) is 11.8 Å². The molecule has 3 heterocycles. The third kappa shape index (κ3) is 5.64. The molecule has 1 aliphatic heterocycles. The summed E-state index contributed by atoms with van der Waals surface area (Å²) in [5.74, 6) is 0.329. The molecule has 0 radical (unpaired) electrons. The summed E-state index contributed by atoms with van der Waals surface area (Å²) < 4.78 is 21.3. The van der Waals surface area contributed by atoms with Crippen LogP contribution in [0.4, 0.5) is 15.0 Å².